The van der Waals surface area contributed by atoms with Crippen molar-refractivity contribution >= 4 is 39.5 Å². The van der Waals surface area contributed by atoms with Crippen molar-refractivity contribution in [3.05, 3.63) is 89.7 Å². The molecule has 0 aliphatic carbocycles. The lowest BCUT2D eigenvalue weighted by Crippen LogP contribution is -2.19. The van der Waals surface area contributed by atoms with Gasteiger partial charge >= 0.3 is 0 Å². The first-order valence-corrected chi connectivity index (χ1v) is 9.65. The van der Waals surface area contributed by atoms with Crippen molar-refractivity contribution in [3.8, 4) is 0 Å². The van der Waals surface area contributed by atoms with Gasteiger partial charge in [0.05, 0.1) is 12.2 Å². The van der Waals surface area contributed by atoms with Gasteiger partial charge in [-0.2, -0.15) is 5.10 Å². The number of hydrogen-bond donors (Lipinski definition) is 2. The predicted molar refractivity (Wildman–Crippen MR) is 121 cm³/mol. The molecule has 0 saturated heterocycles. The van der Waals surface area contributed by atoms with Crippen LogP contribution in [0.4, 0.5) is 11.4 Å². The summed E-state index contributed by atoms with van der Waals surface area (Å²) in [5, 5.41) is 14.0. The van der Waals surface area contributed by atoms with Crippen LogP contribution >= 0.6 is 12.2 Å². The number of thiocarbonyl (C=S) groups is 1. The molecule has 4 nitrogen and oxygen atoms in total. The summed E-state index contributed by atoms with van der Waals surface area (Å²) in [6.45, 7) is 4.85. The molecule has 2 N–H and O–H groups in total. The molecule has 0 fully saturated rings. The van der Waals surface area contributed by atoms with E-state index in [1.54, 1.807) is 0 Å². The lowest BCUT2D eigenvalue weighted by Gasteiger charge is -2.13. The summed E-state index contributed by atoms with van der Waals surface area (Å²) in [5.41, 5.74) is 5.36. The molecule has 28 heavy (non-hydrogen) atoms. The van der Waals surface area contributed by atoms with E-state index >= 15 is 0 Å². The van der Waals surface area contributed by atoms with Gasteiger partial charge in [-0.15, -0.1) is 0 Å². The molecule has 0 saturated carbocycles. The third kappa shape index (κ3) is 4.05. The van der Waals surface area contributed by atoms with Crippen LogP contribution in [0.2, 0.25) is 0 Å². The average molecular weight is 387 g/mol. The summed E-state index contributed by atoms with van der Waals surface area (Å²) in [5.74, 6) is 0. The number of nitrogens with one attached hydrogen (secondary N) is 2. The second-order valence-electron chi connectivity index (χ2n) is 6.89. The van der Waals surface area contributed by atoms with Gasteiger partial charge < -0.3 is 10.6 Å². The van der Waals surface area contributed by atoms with Gasteiger partial charge in [-0.25, -0.2) is 0 Å². The standard InChI is InChI=1S/C23H22N4S/c1-16-14-17(2)27(26-16)15-18-10-12-20(13-11-18)24-23(28)25-22-9-5-7-19-6-3-4-8-21(19)22/h3-14H,15H2,1-2H3,(H2,24,25,28). The number of hydrogen-bond acceptors (Lipinski definition) is 2. The van der Waals surface area contributed by atoms with Crippen LogP contribution in [0.15, 0.2) is 72.8 Å². The van der Waals surface area contributed by atoms with Crippen LogP contribution in [0.25, 0.3) is 10.8 Å². The van der Waals surface area contributed by atoms with Gasteiger partial charge in [0, 0.05) is 22.5 Å². The molecular weight excluding hydrogens is 364 g/mol. The molecule has 1 heterocycles. The van der Waals surface area contributed by atoms with Gasteiger partial charge in [-0.1, -0.05) is 48.5 Å². The van der Waals surface area contributed by atoms with Crippen molar-refractivity contribution in [1.82, 2.24) is 9.78 Å². The highest BCUT2D eigenvalue weighted by Crippen LogP contribution is 2.23. The third-order valence-corrected chi connectivity index (χ3v) is 4.89. The van der Waals surface area contributed by atoms with Crippen LogP contribution < -0.4 is 10.6 Å². The number of nitrogens with zero attached hydrogens (tertiary/aromatic N) is 2. The largest absolute Gasteiger partial charge is 0.332 e. The van der Waals surface area contributed by atoms with Crippen molar-refractivity contribution in [1.29, 1.82) is 0 Å². The number of anilines is 2. The lowest BCUT2D eigenvalue weighted by molar-refractivity contribution is 0.659. The number of aryl methyl sites for hydroxylation is 2. The Balaban J connectivity index is 1.42. The van der Waals surface area contributed by atoms with Crippen LogP contribution in [0.1, 0.15) is 17.0 Å². The van der Waals surface area contributed by atoms with Gasteiger partial charge in [0.25, 0.3) is 0 Å². The average Bonchev–Trinajstić information content (AvgIpc) is 3.00. The monoisotopic (exact) mass is 386 g/mol. The molecule has 0 radical (unpaired) electrons. The number of fused-ring (bicyclic) bond motifs is 1. The van der Waals surface area contributed by atoms with Crippen LogP contribution in [-0.4, -0.2) is 14.9 Å². The zero-order valence-corrected chi connectivity index (χ0v) is 16.8. The summed E-state index contributed by atoms with van der Waals surface area (Å²) in [6, 6.07) is 24.8. The van der Waals surface area contributed by atoms with Crippen molar-refractivity contribution in [3.63, 3.8) is 0 Å². The zero-order valence-electron chi connectivity index (χ0n) is 15.9. The summed E-state index contributed by atoms with van der Waals surface area (Å²) in [6.07, 6.45) is 0. The van der Waals surface area contributed by atoms with Gasteiger partial charge in [0.15, 0.2) is 5.11 Å². The van der Waals surface area contributed by atoms with Crippen molar-refractivity contribution < 1.29 is 0 Å². The third-order valence-electron chi connectivity index (χ3n) is 4.69. The SMILES string of the molecule is Cc1cc(C)n(Cc2ccc(NC(=S)Nc3cccc4ccccc34)cc2)n1. The molecule has 1 aromatic heterocycles. The Morgan fingerprint density at radius 1 is 0.929 bits per heavy atom. The first-order chi connectivity index (χ1) is 13.6. The highest BCUT2D eigenvalue weighted by atomic mass is 32.1. The molecule has 4 aromatic rings. The lowest BCUT2D eigenvalue weighted by atomic mass is 10.1. The summed E-state index contributed by atoms with van der Waals surface area (Å²) in [7, 11) is 0. The molecule has 0 spiro atoms. The Kier molecular flexibility index (Phi) is 5.08. The van der Waals surface area contributed by atoms with E-state index in [4.69, 9.17) is 12.2 Å². The molecule has 0 atom stereocenters. The Hall–Kier alpha value is -3.18. The summed E-state index contributed by atoms with van der Waals surface area (Å²) in [4.78, 5) is 0. The van der Waals surface area contributed by atoms with E-state index in [2.05, 4.69) is 59.1 Å². The maximum Gasteiger partial charge on any atom is 0.175 e. The molecule has 3 aromatic carbocycles. The van der Waals surface area contributed by atoms with Crippen LogP contribution in [0.3, 0.4) is 0 Å². The molecule has 0 bridgehead atoms. The van der Waals surface area contributed by atoms with E-state index in [0.717, 1.165) is 29.0 Å². The maximum atomic E-state index is 5.50. The maximum absolute atomic E-state index is 5.50. The second kappa shape index (κ2) is 7.82. The van der Waals surface area contributed by atoms with E-state index < -0.39 is 0 Å². The van der Waals surface area contributed by atoms with Crippen molar-refractivity contribution in [2.75, 3.05) is 10.6 Å². The normalized spacial score (nSPS) is 10.8. The summed E-state index contributed by atoms with van der Waals surface area (Å²) < 4.78 is 2.02. The topological polar surface area (TPSA) is 41.9 Å². The molecule has 0 unspecified atom stereocenters. The van der Waals surface area contributed by atoms with E-state index in [1.807, 2.05) is 48.0 Å². The Labute approximate surface area is 170 Å². The van der Waals surface area contributed by atoms with Crippen LogP contribution in [-0.2, 0) is 6.54 Å². The molecule has 0 aliphatic rings. The minimum Gasteiger partial charge on any atom is -0.332 e. The van der Waals surface area contributed by atoms with E-state index in [-0.39, 0.29) is 0 Å². The number of rotatable bonds is 4. The molecule has 5 heteroatoms. The number of aromatic nitrogens is 2. The van der Waals surface area contributed by atoms with Crippen molar-refractivity contribution in [2.24, 2.45) is 0 Å². The van der Waals surface area contributed by atoms with Gasteiger partial charge in [-0.3, -0.25) is 4.68 Å². The quantitative estimate of drug-likeness (QED) is 0.454. The fraction of sp³-hybridized carbons (Fsp3) is 0.130. The van der Waals surface area contributed by atoms with E-state index in [1.165, 1.54) is 16.6 Å². The van der Waals surface area contributed by atoms with Crippen LogP contribution in [0, 0.1) is 13.8 Å². The first-order valence-electron chi connectivity index (χ1n) is 9.24. The summed E-state index contributed by atoms with van der Waals surface area (Å²) >= 11 is 5.50. The smallest absolute Gasteiger partial charge is 0.175 e. The fourth-order valence-electron chi connectivity index (χ4n) is 3.32. The molecule has 140 valence electrons. The molecule has 0 aliphatic heterocycles. The predicted octanol–water partition coefficient (Wildman–Crippen LogP) is 5.51. The zero-order chi connectivity index (χ0) is 19.5. The fourth-order valence-corrected chi connectivity index (χ4v) is 3.55. The van der Waals surface area contributed by atoms with Crippen LogP contribution in [0.5, 0.6) is 0 Å². The highest BCUT2D eigenvalue weighted by molar-refractivity contribution is 7.80. The van der Waals surface area contributed by atoms with Gasteiger partial charge in [-0.05, 0) is 61.3 Å². The minimum atomic E-state index is 0.572. The minimum absolute atomic E-state index is 0.572. The molecular formula is C23H22N4S. The van der Waals surface area contributed by atoms with Gasteiger partial charge in [0.1, 0.15) is 0 Å². The van der Waals surface area contributed by atoms with Crippen molar-refractivity contribution in [2.45, 2.75) is 20.4 Å². The Morgan fingerprint density at radius 3 is 2.43 bits per heavy atom. The van der Waals surface area contributed by atoms with E-state index in [0.29, 0.717) is 5.11 Å². The second-order valence-corrected chi connectivity index (χ2v) is 7.30. The Bertz CT molecular complexity index is 1120. The number of benzene rings is 3. The Morgan fingerprint density at radius 2 is 1.68 bits per heavy atom. The molecule has 0 amide bonds. The molecule has 4 rings (SSSR count). The van der Waals surface area contributed by atoms with Gasteiger partial charge in [0.2, 0.25) is 0 Å². The first kappa shape index (κ1) is 18.2. The van der Waals surface area contributed by atoms with E-state index in [9.17, 15) is 0 Å². The highest BCUT2D eigenvalue weighted by Gasteiger charge is 2.05.